The molecule has 0 N–H and O–H groups in total. The molecule has 1 aromatic rings. The molecule has 0 heterocycles. The van der Waals surface area contributed by atoms with Crippen molar-refractivity contribution < 1.29 is 14.3 Å². The van der Waals surface area contributed by atoms with Crippen LogP contribution in [0.3, 0.4) is 0 Å². The molecule has 2 unspecified atom stereocenters. The Morgan fingerprint density at radius 3 is 2.94 bits per heavy atom. The zero-order valence-corrected chi connectivity index (χ0v) is 9.68. The molecular formula is C14H14O3. The van der Waals surface area contributed by atoms with Gasteiger partial charge in [0, 0.05) is 18.4 Å². The van der Waals surface area contributed by atoms with E-state index in [1.165, 1.54) is 0 Å². The molecule has 0 spiro atoms. The first-order valence-electron chi connectivity index (χ1n) is 5.76. The van der Waals surface area contributed by atoms with E-state index in [1.54, 1.807) is 19.2 Å². The molecule has 0 radical (unpaired) electrons. The van der Waals surface area contributed by atoms with Crippen molar-refractivity contribution in [2.75, 3.05) is 7.11 Å². The summed E-state index contributed by atoms with van der Waals surface area (Å²) in [7, 11) is 1.56. The average molecular weight is 230 g/mol. The molecule has 3 rings (SSSR count). The third kappa shape index (κ3) is 1.62. The molecular weight excluding hydrogens is 216 g/mol. The topological polar surface area (TPSA) is 35.5 Å². The number of carbonyl (C=O) groups is 1. The molecule has 0 bridgehead atoms. The Morgan fingerprint density at radius 1 is 1.47 bits per heavy atom. The van der Waals surface area contributed by atoms with Crippen LogP contribution in [-0.4, -0.2) is 19.0 Å². The molecule has 1 aromatic carbocycles. The van der Waals surface area contributed by atoms with Gasteiger partial charge >= 0.3 is 0 Å². The summed E-state index contributed by atoms with van der Waals surface area (Å²) in [6.45, 7) is 0. The Bertz CT molecular complexity index is 492. The summed E-state index contributed by atoms with van der Waals surface area (Å²) >= 11 is 0. The quantitative estimate of drug-likeness (QED) is 0.589. The van der Waals surface area contributed by atoms with Gasteiger partial charge in [0.05, 0.1) is 12.7 Å². The maximum atomic E-state index is 10.8. The largest absolute Gasteiger partial charge is 0.496 e. The fraction of sp³-hybridized carbons (Fsp3) is 0.357. The highest BCUT2D eigenvalue weighted by Crippen LogP contribution is 2.54. The number of hydrogen-bond acceptors (Lipinski definition) is 3. The first-order valence-corrected chi connectivity index (χ1v) is 5.76. The second-order valence-electron chi connectivity index (χ2n) is 4.63. The number of rotatable bonds is 4. The zero-order chi connectivity index (χ0) is 11.9. The average Bonchev–Trinajstić information content (AvgIpc) is 2.89. The lowest BCUT2D eigenvalue weighted by Crippen LogP contribution is -2.17. The van der Waals surface area contributed by atoms with E-state index in [2.05, 4.69) is 12.2 Å². The van der Waals surface area contributed by atoms with Crippen molar-refractivity contribution in [3.8, 4) is 11.5 Å². The van der Waals surface area contributed by atoms with Crippen LogP contribution < -0.4 is 9.47 Å². The van der Waals surface area contributed by atoms with E-state index in [-0.39, 0.29) is 5.60 Å². The predicted molar refractivity (Wildman–Crippen MR) is 63.6 cm³/mol. The van der Waals surface area contributed by atoms with Gasteiger partial charge in [-0.2, -0.15) is 0 Å². The van der Waals surface area contributed by atoms with Gasteiger partial charge in [0.2, 0.25) is 0 Å². The summed E-state index contributed by atoms with van der Waals surface area (Å²) in [6.07, 6.45) is 7.26. The smallest absolute Gasteiger partial charge is 0.153 e. The van der Waals surface area contributed by atoms with Crippen molar-refractivity contribution in [2.24, 2.45) is 5.92 Å². The summed E-state index contributed by atoms with van der Waals surface area (Å²) in [5.74, 6) is 1.91. The zero-order valence-electron chi connectivity index (χ0n) is 9.68. The normalized spacial score (nSPS) is 28.6. The van der Waals surface area contributed by atoms with Gasteiger partial charge < -0.3 is 9.47 Å². The number of hydrogen-bond donors (Lipinski definition) is 0. The summed E-state index contributed by atoms with van der Waals surface area (Å²) in [5.41, 5.74) is 0.544. The molecule has 2 aliphatic rings. The Morgan fingerprint density at radius 2 is 2.35 bits per heavy atom. The van der Waals surface area contributed by atoms with Crippen LogP contribution >= 0.6 is 0 Å². The minimum Gasteiger partial charge on any atom is -0.496 e. The lowest BCUT2D eigenvalue weighted by atomic mass is 10.2. The van der Waals surface area contributed by atoms with Crippen LogP contribution in [0.15, 0.2) is 30.4 Å². The molecule has 88 valence electrons. The van der Waals surface area contributed by atoms with Gasteiger partial charge in [0.1, 0.15) is 17.1 Å². The Kier molecular flexibility index (Phi) is 2.21. The van der Waals surface area contributed by atoms with Crippen LogP contribution in [-0.2, 0) is 0 Å². The van der Waals surface area contributed by atoms with Gasteiger partial charge in [0.25, 0.3) is 0 Å². The second kappa shape index (κ2) is 3.62. The van der Waals surface area contributed by atoms with Crippen LogP contribution in [0.25, 0.3) is 0 Å². The number of benzene rings is 1. The van der Waals surface area contributed by atoms with Gasteiger partial charge in [-0.25, -0.2) is 0 Å². The number of carbonyl (C=O) groups excluding carboxylic acids is 1. The Hall–Kier alpha value is -1.77. The van der Waals surface area contributed by atoms with Crippen LogP contribution in [0.5, 0.6) is 11.5 Å². The minimum atomic E-state index is -0.00624. The van der Waals surface area contributed by atoms with Crippen molar-refractivity contribution in [1.29, 1.82) is 0 Å². The standard InChI is InChI=1S/C14H14O3/c1-16-13-7-12(5-4-10(13)9-15)17-14-6-2-3-11(14)8-14/h2-5,7,9,11H,6,8H2,1H3. The SMILES string of the molecule is COc1cc(OC23CC=CC2C3)ccc1C=O. The summed E-state index contributed by atoms with van der Waals surface area (Å²) in [6, 6.07) is 5.35. The Balaban J connectivity index is 1.82. The molecule has 0 aromatic heterocycles. The second-order valence-corrected chi connectivity index (χ2v) is 4.63. The number of fused-ring (bicyclic) bond motifs is 1. The highest BCUT2D eigenvalue weighted by atomic mass is 16.5. The lowest BCUT2D eigenvalue weighted by Gasteiger charge is -2.16. The van der Waals surface area contributed by atoms with E-state index >= 15 is 0 Å². The molecule has 17 heavy (non-hydrogen) atoms. The molecule has 2 aliphatic carbocycles. The van der Waals surface area contributed by atoms with Crippen LogP contribution in [0, 0.1) is 5.92 Å². The maximum Gasteiger partial charge on any atom is 0.153 e. The van der Waals surface area contributed by atoms with Crippen molar-refractivity contribution in [2.45, 2.75) is 18.4 Å². The van der Waals surface area contributed by atoms with Gasteiger partial charge in [-0.1, -0.05) is 12.2 Å². The van der Waals surface area contributed by atoms with Gasteiger partial charge in [-0.05, 0) is 18.6 Å². The van der Waals surface area contributed by atoms with E-state index < -0.39 is 0 Å². The highest BCUT2D eigenvalue weighted by molar-refractivity contribution is 5.79. The van der Waals surface area contributed by atoms with Crippen molar-refractivity contribution in [3.05, 3.63) is 35.9 Å². The third-order valence-corrected chi connectivity index (χ3v) is 3.57. The van der Waals surface area contributed by atoms with Gasteiger partial charge in [-0.15, -0.1) is 0 Å². The molecule has 3 heteroatoms. The predicted octanol–water partition coefficient (Wildman–Crippen LogP) is 2.61. The van der Waals surface area contributed by atoms with Crippen LogP contribution in [0.2, 0.25) is 0 Å². The fourth-order valence-electron chi connectivity index (χ4n) is 2.47. The van der Waals surface area contributed by atoms with Gasteiger partial charge in [0.15, 0.2) is 6.29 Å². The maximum absolute atomic E-state index is 10.8. The van der Waals surface area contributed by atoms with E-state index in [0.717, 1.165) is 24.9 Å². The summed E-state index contributed by atoms with van der Waals surface area (Å²) < 4.78 is 11.2. The van der Waals surface area contributed by atoms with Gasteiger partial charge in [-0.3, -0.25) is 4.79 Å². The minimum absolute atomic E-state index is 0.00624. The van der Waals surface area contributed by atoms with Crippen LogP contribution in [0.1, 0.15) is 23.2 Å². The van der Waals surface area contributed by atoms with E-state index in [1.807, 2.05) is 6.07 Å². The van der Waals surface area contributed by atoms with Crippen molar-refractivity contribution in [1.82, 2.24) is 0 Å². The van der Waals surface area contributed by atoms with Crippen molar-refractivity contribution >= 4 is 6.29 Å². The summed E-state index contributed by atoms with van der Waals surface area (Å²) in [5, 5.41) is 0. The molecule has 0 amide bonds. The molecule has 2 atom stereocenters. The molecule has 0 aliphatic heterocycles. The molecule has 1 saturated carbocycles. The lowest BCUT2D eigenvalue weighted by molar-refractivity contribution is 0.112. The highest BCUT2D eigenvalue weighted by Gasteiger charge is 2.57. The first kappa shape index (κ1) is 10.4. The monoisotopic (exact) mass is 230 g/mol. The van der Waals surface area contributed by atoms with Crippen molar-refractivity contribution in [3.63, 3.8) is 0 Å². The number of aldehydes is 1. The number of ether oxygens (including phenoxy) is 2. The fourth-order valence-corrected chi connectivity index (χ4v) is 2.47. The van der Waals surface area contributed by atoms with E-state index in [4.69, 9.17) is 9.47 Å². The Labute approximate surface area is 100 Å². The van der Waals surface area contributed by atoms with E-state index in [9.17, 15) is 4.79 Å². The first-order chi connectivity index (χ1) is 8.27. The molecule has 0 saturated heterocycles. The van der Waals surface area contributed by atoms with Crippen LogP contribution in [0.4, 0.5) is 0 Å². The number of methoxy groups -OCH3 is 1. The third-order valence-electron chi connectivity index (χ3n) is 3.57. The summed E-state index contributed by atoms with van der Waals surface area (Å²) in [4.78, 5) is 10.8. The molecule has 3 nitrogen and oxygen atoms in total. The van der Waals surface area contributed by atoms with E-state index in [0.29, 0.717) is 17.2 Å². The molecule has 1 fully saturated rings.